The number of carbonyl (C=O) groups is 1. The second kappa shape index (κ2) is 3.82. The zero-order valence-electron chi connectivity index (χ0n) is 8.19. The van der Waals surface area contributed by atoms with E-state index in [0.29, 0.717) is 6.54 Å². The number of hydrogen-bond acceptors (Lipinski definition) is 4. The Morgan fingerprint density at radius 1 is 1.67 bits per heavy atom. The predicted octanol–water partition coefficient (Wildman–Crippen LogP) is -1.63. The zero-order chi connectivity index (χ0) is 10.8. The molecule has 0 fully saturated rings. The molecule has 1 aliphatic rings. The van der Waals surface area contributed by atoms with Crippen LogP contribution in [-0.2, 0) is 24.3 Å². The molecular formula is C9H12N4O2. The highest BCUT2D eigenvalue weighted by Gasteiger charge is 2.13. The number of nitrogens with two attached hydrogens (primary N) is 1. The minimum atomic E-state index is -0.557. The summed E-state index contributed by atoms with van der Waals surface area (Å²) < 4.78 is 1.12. The molecule has 15 heavy (non-hydrogen) atoms. The minimum absolute atomic E-state index is 0.153. The Kier molecular flexibility index (Phi) is 2.51. The summed E-state index contributed by atoms with van der Waals surface area (Å²) in [4.78, 5) is 22.2. The lowest BCUT2D eigenvalue weighted by molar-refractivity contribution is -0.118. The molecule has 1 amide bonds. The Labute approximate surface area is 86.1 Å². The topological polar surface area (TPSA) is 90.0 Å². The summed E-state index contributed by atoms with van der Waals surface area (Å²) in [5.41, 5.74) is 6.52. The molecule has 6 nitrogen and oxygen atoms in total. The van der Waals surface area contributed by atoms with E-state index in [0.717, 1.165) is 28.9 Å². The number of nitrogens with zero attached hydrogens (tertiary/aromatic N) is 2. The molecule has 0 radical (unpaired) electrons. The third-order valence-electron chi connectivity index (χ3n) is 2.32. The highest BCUT2D eigenvalue weighted by molar-refractivity contribution is 5.73. The van der Waals surface area contributed by atoms with E-state index in [1.807, 2.05) is 0 Å². The van der Waals surface area contributed by atoms with Gasteiger partial charge in [-0.15, -0.1) is 0 Å². The highest BCUT2D eigenvalue weighted by atomic mass is 16.2. The fraction of sp³-hybridized carbons (Fsp3) is 0.444. The molecule has 1 aliphatic heterocycles. The van der Waals surface area contributed by atoms with Gasteiger partial charge in [-0.2, -0.15) is 5.10 Å². The van der Waals surface area contributed by atoms with Crippen LogP contribution in [-0.4, -0.2) is 22.2 Å². The molecular weight excluding hydrogens is 196 g/mol. The van der Waals surface area contributed by atoms with Crippen molar-refractivity contribution < 1.29 is 4.79 Å². The molecule has 2 heterocycles. The molecule has 0 unspecified atom stereocenters. The number of carbonyl (C=O) groups excluding carboxylic acids is 1. The number of rotatable bonds is 2. The molecule has 1 aromatic rings. The molecule has 0 spiro atoms. The van der Waals surface area contributed by atoms with E-state index in [1.165, 1.54) is 6.07 Å². The number of primary amides is 1. The Morgan fingerprint density at radius 3 is 3.20 bits per heavy atom. The molecule has 0 saturated carbocycles. The van der Waals surface area contributed by atoms with Crippen molar-refractivity contribution in [2.24, 2.45) is 5.73 Å². The quantitative estimate of drug-likeness (QED) is 0.611. The Balaban J connectivity index is 2.40. The standard InChI is InChI=1S/C9H12N4O2/c10-8(14)5-13-9(15)3-6-4-11-2-1-7(6)12-13/h3,11H,1-2,4-5H2,(H2,10,14). The second-order valence-electron chi connectivity index (χ2n) is 3.51. The average Bonchev–Trinajstić information content (AvgIpc) is 2.18. The lowest BCUT2D eigenvalue weighted by Gasteiger charge is -2.16. The largest absolute Gasteiger partial charge is 0.368 e. The fourth-order valence-corrected chi connectivity index (χ4v) is 1.62. The van der Waals surface area contributed by atoms with Gasteiger partial charge in [0.1, 0.15) is 6.54 Å². The maximum Gasteiger partial charge on any atom is 0.267 e. The first-order valence-corrected chi connectivity index (χ1v) is 4.76. The number of aromatic nitrogens is 2. The molecule has 3 N–H and O–H groups in total. The van der Waals surface area contributed by atoms with Crippen molar-refractivity contribution in [3.63, 3.8) is 0 Å². The van der Waals surface area contributed by atoms with Crippen LogP contribution in [0.1, 0.15) is 11.3 Å². The van der Waals surface area contributed by atoms with Crippen molar-refractivity contribution in [2.75, 3.05) is 6.54 Å². The molecule has 0 atom stereocenters. The molecule has 1 aromatic heterocycles. The van der Waals surface area contributed by atoms with Crippen LogP contribution >= 0.6 is 0 Å². The normalized spacial score (nSPS) is 14.7. The summed E-state index contributed by atoms with van der Waals surface area (Å²) >= 11 is 0. The number of hydrogen-bond donors (Lipinski definition) is 2. The first-order chi connectivity index (χ1) is 7.16. The first-order valence-electron chi connectivity index (χ1n) is 4.76. The minimum Gasteiger partial charge on any atom is -0.368 e. The van der Waals surface area contributed by atoms with Crippen molar-refractivity contribution in [1.29, 1.82) is 0 Å². The van der Waals surface area contributed by atoms with Gasteiger partial charge in [0.15, 0.2) is 0 Å². The van der Waals surface area contributed by atoms with Gasteiger partial charge in [-0.1, -0.05) is 0 Å². The van der Waals surface area contributed by atoms with Gasteiger partial charge in [-0.05, 0) is 5.56 Å². The zero-order valence-corrected chi connectivity index (χ0v) is 8.19. The highest BCUT2D eigenvalue weighted by Crippen LogP contribution is 2.07. The van der Waals surface area contributed by atoms with Crippen LogP contribution in [0.2, 0.25) is 0 Å². The van der Waals surface area contributed by atoms with Gasteiger partial charge in [-0.25, -0.2) is 4.68 Å². The van der Waals surface area contributed by atoms with E-state index in [1.54, 1.807) is 0 Å². The SMILES string of the molecule is NC(=O)Cn1nc2c(cc1=O)CNCC2. The summed E-state index contributed by atoms with van der Waals surface area (Å²) in [5.74, 6) is -0.557. The average molecular weight is 208 g/mol. The molecule has 6 heteroatoms. The van der Waals surface area contributed by atoms with Crippen LogP contribution in [0, 0.1) is 0 Å². The van der Waals surface area contributed by atoms with Gasteiger partial charge >= 0.3 is 0 Å². The van der Waals surface area contributed by atoms with E-state index in [-0.39, 0.29) is 12.1 Å². The third-order valence-corrected chi connectivity index (χ3v) is 2.32. The number of fused-ring (bicyclic) bond motifs is 1. The van der Waals surface area contributed by atoms with E-state index in [2.05, 4.69) is 10.4 Å². The van der Waals surface area contributed by atoms with Crippen molar-refractivity contribution >= 4 is 5.91 Å². The summed E-state index contributed by atoms with van der Waals surface area (Å²) in [5, 5.41) is 7.26. The Bertz CT molecular complexity index is 452. The third kappa shape index (κ3) is 2.04. The smallest absolute Gasteiger partial charge is 0.267 e. The molecule has 0 aromatic carbocycles. The van der Waals surface area contributed by atoms with Crippen LogP contribution in [0.3, 0.4) is 0 Å². The summed E-state index contributed by atoms with van der Waals surface area (Å²) in [6, 6.07) is 1.51. The number of amides is 1. The lowest BCUT2D eigenvalue weighted by atomic mass is 10.1. The van der Waals surface area contributed by atoms with Crippen LogP contribution in [0.5, 0.6) is 0 Å². The van der Waals surface area contributed by atoms with Gasteiger partial charge in [-0.3, -0.25) is 9.59 Å². The van der Waals surface area contributed by atoms with Crippen molar-refractivity contribution in [1.82, 2.24) is 15.1 Å². The van der Waals surface area contributed by atoms with Crippen LogP contribution < -0.4 is 16.6 Å². The predicted molar refractivity (Wildman–Crippen MR) is 53.1 cm³/mol. The lowest BCUT2D eigenvalue weighted by Crippen LogP contribution is -2.34. The van der Waals surface area contributed by atoms with Crippen molar-refractivity contribution in [2.45, 2.75) is 19.5 Å². The van der Waals surface area contributed by atoms with Gasteiger partial charge < -0.3 is 11.1 Å². The van der Waals surface area contributed by atoms with Gasteiger partial charge in [0.2, 0.25) is 5.91 Å². The summed E-state index contributed by atoms with van der Waals surface area (Å²) in [7, 11) is 0. The monoisotopic (exact) mass is 208 g/mol. The van der Waals surface area contributed by atoms with Crippen molar-refractivity contribution in [3.8, 4) is 0 Å². The molecule has 0 bridgehead atoms. The van der Waals surface area contributed by atoms with Crippen LogP contribution in [0.25, 0.3) is 0 Å². The Morgan fingerprint density at radius 2 is 2.47 bits per heavy atom. The summed E-state index contributed by atoms with van der Waals surface area (Å²) in [6.07, 6.45) is 0.772. The molecule has 2 rings (SSSR count). The second-order valence-corrected chi connectivity index (χ2v) is 3.51. The van der Waals surface area contributed by atoms with Gasteiger partial charge in [0.05, 0.1) is 5.69 Å². The molecule has 0 saturated heterocycles. The van der Waals surface area contributed by atoms with E-state index in [4.69, 9.17) is 5.73 Å². The van der Waals surface area contributed by atoms with Crippen LogP contribution in [0.15, 0.2) is 10.9 Å². The Hall–Kier alpha value is -1.69. The summed E-state index contributed by atoms with van der Waals surface area (Å²) in [6.45, 7) is 1.35. The van der Waals surface area contributed by atoms with E-state index >= 15 is 0 Å². The van der Waals surface area contributed by atoms with E-state index in [9.17, 15) is 9.59 Å². The van der Waals surface area contributed by atoms with Gasteiger partial charge in [0.25, 0.3) is 5.56 Å². The maximum absolute atomic E-state index is 11.5. The first kappa shape index (κ1) is 9.85. The van der Waals surface area contributed by atoms with Crippen molar-refractivity contribution in [3.05, 3.63) is 27.7 Å². The molecule has 0 aliphatic carbocycles. The molecule has 80 valence electrons. The maximum atomic E-state index is 11.5. The number of nitrogens with one attached hydrogen (secondary N) is 1. The van der Waals surface area contributed by atoms with Crippen LogP contribution in [0.4, 0.5) is 0 Å². The van der Waals surface area contributed by atoms with E-state index < -0.39 is 5.91 Å². The van der Waals surface area contributed by atoms with Gasteiger partial charge in [0, 0.05) is 25.6 Å². The fourth-order valence-electron chi connectivity index (χ4n) is 1.62.